The number of carbonyl (C=O) groups excluding carboxylic acids is 1. The third kappa shape index (κ3) is 4.07. The Morgan fingerprint density at radius 2 is 1.91 bits per heavy atom. The number of hydrogen-bond donors (Lipinski definition) is 1. The van der Waals surface area contributed by atoms with Crippen molar-refractivity contribution in [3.8, 4) is 0 Å². The molecule has 0 saturated heterocycles. The maximum atomic E-state index is 12.1. The second-order valence-corrected chi connectivity index (χ2v) is 8.03. The summed E-state index contributed by atoms with van der Waals surface area (Å²) >= 11 is 1.84. The van der Waals surface area contributed by atoms with Crippen LogP contribution in [0.25, 0.3) is 0 Å². The highest BCUT2D eigenvalue weighted by Gasteiger charge is 2.18. The van der Waals surface area contributed by atoms with E-state index in [-0.39, 0.29) is 11.9 Å². The van der Waals surface area contributed by atoms with Gasteiger partial charge in [-0.25, -0.2) is 0 Å². The van der Waals surface area contributed by atoms with Crippen molar-refractivity contribution in [2.24, 2.45) is 0 Å². The van der Waals surface area contributed by atoms with E-state index < -0.39 is 0 Å². The van der Waals surface area contributed by atoms with Crippen LogP contribution in [0.1, 0.15) is 68.2 Å². The van der Waals surface area contributed by atoms with Gasteiger partial charge in [-0.1, -0.05) is 31.0 Å². The highest BCUT2D eigenvalue weighted by atomic mass is 32.2. The molecule has 22 heavy (non-hydrogen) atoms. The van der Waals surface area contributed by atoms with Gasteiger partial charge < -0.3 is 5.32 Å². The monoisotopic (exact) mass is 317 g/mol. The van der Waals surface area contributed by atoms with E-state index in [9.17, 15) is 4.79 Å². The molecule has 2 nitrogen and oxygen atoms in total. The van der Waals surface area contributed by atoms with Gasteiger partial charge in [0.15, 0.2) is 0 Å². The highest BCUT2D eigenvalue weighted by molar-refractivity contribution is 8.00. The molecule has 0 aromatic heterocycles. The Morgan fingerprint density at radius 1 is 1.18 bits per heavy atom. The summed E-state index contributed by atoms with van der Waals surface area (Å²) in [6, 6.07) is 6.88. The average Bonchev–Trinajstić information content (AvgIpc) is 3.06. The van der Waals surface area contributed by atoms with Crippen molar-refractivity contribution in [2.75, 3.05) is 5.75 Å². The summed E-state index contributed by atoms with van der Waals surface area (Å²) in [5.41, 5.74) is 4.25. The van der Waals surface area contributed by atoms with Gasteiger partial charge in [-0.05, 0) is 62.1 Å². The van der Waals surface area contributed by atoms with Crippen molar-refractivity contribution < 1.29 is 4.79 Å². The van der Waals surface area contributed by atoms with Crippen molar-refractivity contribution in [3.05, 3.63) is 34.9 Å². The molecule has 1 atom stereocenters. The first-order chi connectivity index (χ1) is 10.7. The van der Waals surface area contributed by atoms with Crippen LogP contribution in [0.15, 0.2) is 18.2 Å². The van der Waals surface area contributed by atoms with Gasteiger partial charge in [-0.2, -0.15) is 0 Å². The van der Waals surface area contributed by atoms with E-state index >= 15 is 0 Å². The van der Waals surface area contributed by atoms with E-state index in [4.69, 9.17) is 0 Å². The van der Waals surface area contributed by atoms with Gasteiger partial charge in [0.25, 0.3) is 0 Å². The number of hydrogen-bond acceptors (Lipinski definition) is 2. The van der Waals surface area contributed by atoms with Gasteiger partial charge >= 0.3 is 0 Å². The van der Waals surface area contributed by atoms with Crippen molar-refractivity contribution in [1.82, 2.24) is 5.32 Å². The summed E-state index contributed by atoms with van der Waals surface area (Å²) in [6.07, 6.45) is 10.3. The smallest absolute Gasteiger partial charge is 0.230 e. The van der Waals surface area contributed by atoms with Crippen LogP contribution in [-0.4, -0.2) is 16.9 Å². The summed E-state index contributed by atoms with van der Waals surface area (Å²) < 4.78 is 0. The molecule has 1 N–H and O–H groups in total. The lowest BCUT2D eigenvalue weighted by Crippen LogP contribution is -2.29. The maximum Gasteiger partial charge on any atom is 0.230 e. The van der Waals surface area contributed by atoms with Crippen LogP contribution in [0.5, 0.6) is 0 Å². The van der Waals surface area contributed by atoms with E-state index in [2.05, 4.69) is 30.4 Å². The molecule has 1 aromatic carbocycles. The summed E-state index contributed by atoms with van der Waals surface area (Å²) in [4.78, 5) is 12.1. The molecule has 3 heteroatoms. The van der Waals surface area contributed by atoms with Crippen molar-refractivity contribution in [3.63, 3.8) is 0 Å². The predicted octanol–water partition coefficient (Wildman–Crippen LogP) is 4.42. The fourth-order valence-electron chi connectivity index (χ4n) is 3.64. The zero-order valence-electron chi connectivity index (χ0n) is 13.6. The van der Waals surface area contributed by atoms with Crippen molar-refractivity contribution >= 4 is 17.7 Å². The molecule has 0 bridgehead atoms. The van der Waals surface area contributed by atoms with E-state index in [0.717, 1.165) is 0 Å². The molecule has 1 aromatic rings. The molecule has 0 radical (unpaired) electrons. The minimum Gasteiger partial charge on any atom is -0.349 e. The SMILES string of the molecule is CC(NC(=O)CSC1CCCC1)c1ccc2c(c1)CCCC2. The number of thioether (sulfide) groups is 1. The first-order valence-corrected chi connectivity index (χ1v) is 9.80. The van der Waals surface area contributed by atoms with Gasteiger partial charge in [-0.15, -0.1) is 11.8 Å². The van der Waals surface area contributed by atoms with E-state index in [1.165, 1.54) is 68.1 Å². The topological polar surface area (TPSA) is 29.1 Å². The van der Waals surface area contributed by atoms with Crippen LogP contribution >= 0.6 is 11.8 Å². The number of amides is 1. The number of nitrogens with one attached hydrogen (secondary N) is 1. The fraction of sp³-hybridized carbons (Fsp3) is 0.632. The number of carbonyl (C=O) groups is 1. The van der Waals surface area contributed by atoms with E-state index in [1.807, 2.05) is 11.8 Å². The van der Waals surface area contributed by atoms with Crippen molar-refractivity contribution in [2.45, 2.75) is 69.6 Å². The molecular weight excluding hydrogens is 290 g/mol. The number of aryl methyl sites for hydroxylation is 2. The molecule has 120 valence electrons. The zero-order valence-corrected chi connectivity index (χ0v) is 14.4. The summed E-state index contributed by atoms with van der Waals surface area (Å²) in [7, 11) is 0. The third-order valence-corrected chi connectivity index (χ3v) is 6.37. The lowest BCUT2D eigenvalue weighted by Gasteiger charge is -2.20. The quantitative estimate of drug-likeness (QED) is 0.871. The first kappa shape index (κ1) is 15.9. The lowest BCUT2D eigenvalue weighted by molar-refractivity contribution is -0.119. The van der Waals surface area contributed by atoms with Gasteiger partial charge in [0.1, 0.15) is 0 Å². The Bertz CT molecular complexity index is 522. The largest absolute Gasteiger partial charge is 0.349 e. The van der Waals surface area contributed by atoms with Crippen LogP contribution in [0.3, 0.4) is 0 Å². The molecule has 0 heterocycles. The minimum atomic E-state index is 0.115. The molecule has 0 spiro atoms. The summed E-state index contributed by atoms with van der Waals surface area (Å²) in [5.74, 6) is 0.794. The Balaban J connectivity index is 1.52. The number of rotatable bonds is 5. The lowest BCUT2D eigenvalue weighted by atomic mass is 9.89. The Morgan fingerprint density at radius 3 is 2.68 bits per heavy atom. The number of benzene rings is 1. The Kier molecular flexibility index (Phi) is 5.46. The Hall–Kier alpha value is -0.960. The Labute approximate surface area is 138 Å². The van der Waals surface area contributed by atoms with Crippen LogP contribution in [0.4, 0.5) is 0 Å². The zero-order chi connectivity index (χ0) is 15.4. The summed E-state index contributed by atoms with van der Waals surface area (Å²) in [5, 5.41) is 3.88. The standard InChI is InChI=1S/C19H27NOS/c1-14(20-19(21)13-22-18-8-4-5-9-18)16-11-10-15-6-2-3-7-17(15)12-16/h10-12,14,18H,2-9,13H2,1H3,(H,20,21). The van der Waals surface area contributed by atoms with Gasteiger partial charge in [-0.3, -0.25) is 4.79 Å². The molecular formula is C19H27NOS. The normalized spacial score (nSPS) is 19.7. The molecule has 1 amide bonds. The van der Waals surface area contributed by atoms with Gasteiger partial charge in [0.2, 0.25) is 5.91 Å². The van der Waals surface area contributed by atoms with Crippen LogP contribution in [-0.2, 0) is 17.6 Å². The van der Waals surface area contributed by atoms with Crippen LogP contribution < -0.4 is 5.32 Å². The fourth-order valence-corrected chi connectivity index (χ4v) is 4.77. The second-order valence-electron chi connectivity index (χ2n) is 6.74. The van der Waals surface area contributed by atoms with Crippen LogP contribution in [0, 0.1) is 0 Å². The molecule has 2 aliphatic rings. The first-order valence-electron chi connectivity index (χ1n) is 8.75. The van der Waals surface area contributed by atoms with Gasteiger partial charge in [0, 0.05) is 5.25 Å². The molecule has 0 aliphatic heterocycles. The molecule has 2 aliphatic carbocycles. The highest BCUT2D eigenvalue weighted by Crippen LogP contribution is 2.29. The predicted molar refractivity (Wildman–Crippen MR) is 94.4 cm³/mol. The maximum absolute atomic E-state index is 12.1. The minimum absolute atomic E-state index is 0.115. The summed E-state index contributed by atoms with van der Waals surface area (Å²) in [6.45, 7) is 2.10. The molecule has 3 rings (SSSR count). The molecule has 1 fully saturated rings. The van der Waals surface area contributed by atoms with Gasteiger partial charge in [0.05, 0.1) is 11.8 Å². The number of fused-ring (bicyclic) bond motifs is 1. The van der Waals surface area contributed by atoms with Crippen molar-refractivity contribution in [1.29, 1.82) is 0 Å². The molecule has 1 unspecified atom stereocenters. The van der Waals surface area contributed by atoms with Crippen LogP contribution in [0.2, 0.25) is 0 Å². The third-order valence-electron chi connectivity index (χ3n) is 5.00. The average molecular weight is 317 g/mol. The van der Waals surface area contributed by atoms with E-state index in [0.29, 0.717) is 11.0 Å². The second kappa shape index (κ2) is 7.54. The van der Waals surface area contributed by atoms with E-state index in [1.54, 1.807) is 0 Å². The molecule has 1 saturated carbocycles.